The van der Waals surface area contributed by atoms with Crippen LogP contribution in [0.3, 0.4) is 0 Å². The van der Waals surface area contributed by atoms with E-state index in [1.54, 1.807) is 12.1 Å². The topological polar surface area (TPSA) is 61.4 Å². The van der Waals surface area contributed by atoms with Crippen LogP contribution in [0.2, 0.25) is 0 Å². The van der Waals surface area contributed by atoms with Crippen LogP contribution in [0.15, 0.2) is 24.3 Å². The zero-order valence-electron chi connectivity index (χ0n) is 8.79. The molecule has 0 saturated carbocycles. The molecule has 4 heteroatoms. The minimum absolute atomic E-state index is 0.0381. The second-order valence-electron chi connectivity index (χ2n) is 3.21. The second kappa shape index (κ2) is 6.16. The summed E-state index contributed by atoms with van der Waals surface area (Å²) in [6, 6.07) is 7.37. The fourth-order valence-corrected chi connectivity index (χ4v) is 1.25. The van der Waals surface area contributed by atoms with Crippen molar-refractivity contribution in [2.24, 2.45) is 0 Å². The van der Waals surface area contributed by atoms with Crippen LogP contribution in [0.4, 0.5) is 0 Å². The molecule has 0 saturated heterocycles. The van der Waals surface area contributed by atoms with E-state index in [-0.39, 0.29) is 19.1 Å². The lowest BCUT2D eigenvalue weighted by atomic mass is 10.1. The van der Waals surface area contributed by atoms with Gasteiger partial charge in [-0.25, -0.2) is 0 Å². The summed E-state index contributed by atoms with van der Waals surface area (Å²) in [4.78, 5) is 11.4. The first-order chi connectivity index (χ1) is 7.27. The Hall–Kier alpha value is -1.39. The summed E-state index contributed by atoms with van der Waals surface area (Å²) in [5, 5.41) is 14.2. The molecule has 0 fully saturated rings. The Morgan fingerprint density at radius 1 is 1.33 bits per heavy atom. The third-order valence-corrected chi connectivity index (χ3v) is 1.99. The van der Waals surface area contributed by atoms with E-state index in [0.717, 1.165) is 12.1 Å². The standard InChI is InChI=1S/C11H16N2O2/c1-12-8-9-2-4-10(5-3-9)11(15)13-6-7-14/h2-5,12,14H,6-8H2,1H3,(H,13,15). The van der Waals surface area contributed by atoms with Gasteiger partial charge in [-0.05, 0) is 24.7 Å². The molecule has 0 spiro atoms. The maximum Gasteiger partial charge on any atom is 0.251 e. The first kappa shape index (κ1) is 11.7. The number of amides is 1. The van der Waals surface area contributed by atoms with Gasteiger partial charge in [-0.1, -0.05) is 12.1 Å². The summed E-state index contributed by atoms with van der Waals surface area (Å²) in [5.74, 6) is -0.153. The molecule has 0 atom stereocenters. The molecule has 0 aliphatic carbocycles. The highest BCUT2D eigenvalue weighted by Crippen LogP contribution is 2.03. The summed E-state index contributed by atoms with van der Waals surface area (Å²) in [6.45, 7) is 1.04. The van der Waals surface area contributed by atoms with Gasteiger partial charge in [-0.2, -0.15) is 0 Å². The normalized spacial score (nSPS) is 10.0. The number of carbonyl (C=O) groups excluding carboxylic acids is 1. The summed E-state index contributed by atoms with van der Waals surface area (Å²) in [5.41, 5.74) is 1.75. The number of hydrogen-bond donors (Lipinski definition) is 3. The third-order valence-electron chi connectivity index (χ3n) is 1.99. The second-order valence-corrected chi connectivity index (χ2v) is 3.21. The molecule has 0 aliphatic rings. The highest BCUT2D eigenvalue weighted by Gasteiger charge is 2.03. The molecule has 82 valence electrons. The molecule has 0 bridgehead atoms. The largest absolute Gasteiger partial charge is 0.395 e. The zero-order chi connectivity index (χ0) is 11.1. The molecule has 1 aromatic rings. The van der Waals surface area contributed by atoms with Gasteiger partial charge in [0.05, 0.1) is 6.61 Å². The number of hydrogen-bond acceptors (Lipinski definition) is 3. The number of aliphatic hydroxyl groups excluding tert-OH is 1. The van der Waals surface area contributed by atoms with E-state index in [1.807, 2.05) is 19.2 Å². The lowest BCUT2D eigenvalue weighted by Crippen LogP contribution is -2.26. The molecule has 0 unspecified atom stereocenters. The number of aliphatic hydroxyl groups is 1. The van der Waals surface area contributed by atoms with E-state index in [0.29, 0.717) is 5.56 Å². The van der Waals surface area contributed by atoms with E-state index in [9.17, 15) is 4.79 Å². The van der Waals surface area contributed by atoms with Crippen LogP contribution < -0.4 is 10.6 Å². The molecule has 0 radical (unpaired) electrons. The fourth-order valence-electron chi connectivity index (χ4n) is 1.25. The number of nitrogens with one attached hydrogen (secondary N) is 2. The van der Waals surface area contributed by atoms with Gasteiger partial charge >= 0.3 is 0 Å². The maximum atomic E-state index is 11.4. The van der Waals surface area contributed by atoms with Crippen molar-refractivity contribution in [3.05, 3.63) is 35.4 Å². The van der Waals surface area contributed by atoms with Crippen molar-refractivity contribution in [2.75, 3.05) is 20.2 Å². The van der Waals surface area contributed by atoms with Crippen molar-refractivity contribution in [2.45, 2.75) is 6.54 Å². The van der Waals surface area contributed by atoms with Crippen molar-refractivity contribution >= 4 is 5.91 Å². The van der Waals surface area contributed by atoms with Gasteiger partial charge in [-0.3, -0.25) is 4.79 Å². The molecular formula is C11H16N2O2. The van der Waals surface area contributed by atoms with Crippen LogP contribution in [-0.2, 0) is 6.54 Å². The quantitative estimate of drug-likeness (QED) is 0.644. The van der Waals surface area contributed by atoms with E-state index < -0.39 is 0 Å². The average Bonchev–Trinajstić information content (AvgIpc) is 2.27. The minimum atomic E-state index is -0.153. The summed E-state index contributed by atoms with van der Waals surface area (Å²) >= 11 is 0. The van der Waals surface area contributed by atoms with Crippen molar-refractivity contribution in [1.29, 1.82) is 0 Å². The highest BCUT2D eigenvalue weighted by atomic mass is 16.3. The van der Waals surface area contributed by atoms with Crippen LogP contribution in [0.1, 0.15) is 15.9 Å². The Labute approximate surface area is 89.3 Å². The number of carbonyl (C=O) groups is 1. The molecular weight excluding hydrogens is 192 g/mol. The van der Waals surface area contributed by atoms with Crippen molar-refractivity contribution in [1.82, 2.24) is 10.6 Å². The Morgan fingerprint density at radius 3 is 2.53 bits per heavy atom. The monoisotopic (exact) mass is 208 g/mol. The Bertz CT molecular complexity index is 309. The van der Waals surface area contributed by atoms with Gasteiger partial charge < -0.3 is 15.7 Å². The molecule has 0 heterocycles. The van der Waals surface area contributed by atoms with E-state index >= 15 is 0 Å². The van der Waals surface area contributed by atoms with Gasteiger partial charge in [0, 0.05) is 18.7 Å². The first-order valence-corrected chi connectivity index (χ1v) is 4.90. The Kier molecular flexibility index (Phi) is 4.80. The highest BCUT2D eigenvalue weighted by molar-refractivity contribution is 5.94. The maximum absolute atomic E-state index is 11.4. The number of rotatable bonds is 5. The lowest BCUT2D eigenvalue weighted by Gasteiger charge is -2.04. The minimum Gasteiger partial charge on any atom is -0.395 e. The molecule has 1 amide bonds. The van der Waals surface area contributed by atoms with Crippen LogP contribution in [0.5, 0.6) is 0 Å². The molecule has 0 aromatic heterocycles. The van der Waals surface area contributed by atoms with Crippen LogP contribution >= 0.6 is 0 Å². The first-order valence-electron chi connectivity index (χ1n) is 4.90. The lowest BCUT2D eigenvalue weighted by molar-refractivity contribution is 0.0945. The molecule has 1 rings (SSSR count). The van der Waals surface area contributed by atoms with Crippen molar-refractivity contribution in [3.63, 3.8) is 0 Å². The fraction of sp³-hybridized carbons (Fsp3) is 0.364. The summed E-state index contributed by atoms with van der Waals surface area (Å²) < 4.78 is 0. The Balaban J connectivity index is 2.58. The van der Waals surface area contributed by atoms with E-state index in [4.69, 9.17) is 5.11 Å². The molecule has 15 heavy (non-hydrogen) atoms. The van der Waals surface area contributed by atoms with Gasteiger partial charge in [0.15, 0.2) is 0 Å². The summed E-state index contributed by atoms with van der Waals surface area (Å²) in [7, 11) is 1.88. The number of benzene rings is 1. The van der Waals surface area contributed by atoms with E-state index in [1.165, 1.54) is 0 Å². The van der Waals surface area contributed by atoms with E-state index in [2.05, 4.69) is 10.6 Å². The van der Waals surface area contributed by atoms with Crippen LogP contribution in [-0.4, -0.2) is 31.2 Å². The predicted molar refractivity (Wildman–Crippen MR) is 58.6 cm³/mol. The molecule has 1 aromatic carbocycles. The third kappa shape index (κ3) is 3.69. The molecule has 4 nitrogen and oxygen atoms in total. The molecule has 3 N–H and O–H groups in total. The Morgan fingerprint density at radius 2 is 2.00 bits per heavy atom. The predicted octanol–water partition coefficient (Wildman–Crippen LogP) is 0.128. The van der Waals surface area contributed by atoms with Crippen molar-refractivity contribution < 1.29 is 9.90 Å². The van der Waals surface area contributed by atoms with Crippen LogP contribution in [0.25, 0.3) is 0 Å². The molecule has 0 aliphatic heterocycles. The van der Waals surface area contributed by atoms with Gasteiger partial charge in [0.2, 0.25) is 0 Å². The van der Waals surface area contributed by atoms with Gasteiger partial charge in [0.25, 0.3) is 5.91 Å². The van der Waals surface area contributed by atoms with Gasteiger partial charge in [-0.15, -0.1) is 0 Å². The zero-order valence-corrected chi connectivity index (χ0v) is 8.79. The van der Waals surface area contributed by atoms with Gasteiger partial charge in [0.1, 0.15) is 0 Å². The SMILES string of the molecule is CNCc1ccc(C(=O)NCCO)cc1. The van der Waals surface area contributed by atoms with Crippen LogP contribution in [0, 0.1) is 0 Å². The smallest absolute Gasteiger partial charge is 0.251 e. The summed E-state index contributed by atoms with van der Waals surface area (Å²) in [6.07, 6.45) is 0. The average molecular weight is 208 g/mol. The van der Waals surface area contributed by atoms with Crippen molar-refractivity contribution in [3.8, 4) is 0 Å².